The highest BCUT2D eigenvalue weighted by molar-refractivity contribution is 5.78. The Morgan fingerprint density at radius 2 is 1.96 bits per heavy atom. The van der Waals surface area contributed by atoms with Crippen LogP contribution in [-0.4, -0.2) is 31.9 Å². The number of fused-ring (bicyclic) bond motifs is 1. The number of benzene rings is 2. The molecule has 4 aromatic rings. The van der Waals surface area contributed by atoms with E-state index in [4.69, 9.17) is 0 Å². The predicted octanol–water partition coefficient (Wildman–Crippen LogP) is 3.71. The molecule has 0 saturated carbocycles. The Hall–Kier alpha value is -3.48. The number of anilines is 3. The highest BCUT2D eigenvalue weighted by Gasteiger charge is 2.06. The fraction of sp³-hybridized carbons (Fsp3) is 0.158. The molecule has 2 aromatic carbocycles. The lowest BCUT2D eigenvalue weighted by molar-refractivity contribution is 0.801. The predicted molar refractivity (Wildman–Crippen MR) is 103 cm³/mol. The maximum atomic E-state index is 4.53. The first kappa shape index (κ1) is 16.0. The van der Waals surface area contributed by atoms with E-state index >= 15 is 0 Å². The molecule has 3 N–H and O–H groups in total. The van der Waals surface area contributed by atoms with Crippen molar-refractivity contribution in [3.05, 3.63) is 66.4 Å². The van der Waals surface area contributed by atoms with Crippen molar-refractivity contribution >= 4 is 28.5 Å². The van der Waals surface area contributed by atoms with Gasteiger partial charge in [0.2, 0.25) is 5.95 Å². The molecule has 0 spiro atoms. The van der Waals surface area contributed by atoms with E-state index in [1.807, 2.05) is 30.3 Å². The SMILES string of the molecule is C[C@@H](CNc1ccnc(Nc2ccc3nn[nH]c3c2)n1)c1ccccc1. The van der Waals surface area contributed by atoms with Crippen molar-refractivity contribution in [2.45, 2.75) is 12.8 Å². The zero-order valence-corrected chi connectivity index (χ0v) is 14.3. The third-order valence-electron chi connectivity index (χ3n) is 4.19. The van der Waals surface area contributed by atoms with E-state index < -0.39 is 0 Å². The molecule has 0 aliphatic heterocycles. The summed E-state index contributed by atoms with van der Waals surface area (Å²) < 4.78 is 0. The highest BCUT2D eigenvalue weighted by atomic mass is 15.3. The van der Waals surface area contributed by atoms with Crippen LogP contribution in [0.1, 0.15) is 18.4 Å². The van der Waals surface area contributed by atoms with Crippen molar-refractivity contribution in [3.8, 4) is 0 Å². The third-order valence-corrected chi connectivity index (χ3v) is 4.19. The van der Waals surface area contributed by atoms with Gasteiger partial charge >= 0.3 is 0 Å². The van der Waals surface area contributed by atoms with Gasteiger partial charge in [-0.3, -0.25) is 5.10 Å². The second kappa shape index (κ2) is 7.18. The molecule has 0 amide bonds. The molecule has 0 radical (unpaired) electrons. The van der Waals surface area contributed by atoms with E-state index in [1.54, 1.807) is 6.20 Å². The maximum absolute atomic E-state index is 4.53. The molecule has 7 heteroatoms. The van der Waals surface area contributed by atoms with Gasteiger partial charge in [0, 0.05) is 18.4 Å². The first-order valence-electron chi connectivity index (χ1n) is 8.47. The van der Waals surface area contributed by atoms with Crippen molar-refractivity contribution in [3.63, 3.8) is 0 Å². The summed E-state index contributed by atoms with van der Waals surface area (Å²) in [4.78, 5) is 8.81. The Bertz CT molecular complexity index is 997. The van der Waals surface area contributed by atoms with Gasteiger partial charge in [0.05, 0.1) is 5.52 Å². The van der Waals surface area contributed by atoms with Crippen LogP contribution >= 0.6 is 0 Å². The van der Waals surface area contributed by atoms with Crippen LogP contribution in [0.2, 0.25) is 0 Å². The van der Waals surface area contributed by atoms with Crippen molar-refractivity contribution in [1.29, 1.82) is 0 Å². The summed E-state index contributed by atoms with van der Waals surface area (Å²) in [5.41, 5.74) is 3.86. The lowest BCUT2D eigenvalue weighted by Gasteiger charge is -2.14. The number of aromatic nitrogens is 5. The number of hydrogen-bond acceptors (Lipinski definition) is 6. The Labute approximate surface area is 150 Å². The normalized spacial score (nSPS) is 12.0. The van der Waals surface area contributed by atoms with E-state index in [9.17, 15) is 0 Å². The van der Waals surface area contributed by atoms with Gasteiger partial charge in [0.25, 0.3) is 0 Å². The molecule has 4 rings (SSSR count). The fourth-order valence-corrected chi connectivity index (χ4v) is 2.73. The second-order valence-electron chi connectivity index (χ2n) is 6.13. The largest absolute Gasteiger partial charge is 0.369 e. The van der Waals surface area contributed by atoms with Crippen LogP contribution in [0.3, 0.4) is 0 Å². The van der Waals surface area contributed by atoms with Crippen molar-refractivity contribution in [2.24, 2.45) is 0 Å². The van der Waals surface area contributed by atoms with E-state index in [1.165, 1.54) is 5.56 Å². The van der Waals surface area contributed by atoms with Crippen molar-refractivity contribution < 1.29 is 0 Å². The van der Waals surface area contributed by atoms with Gasteiger partial charge in [-0.25, -0.2) is 4.98 Å². The van der Waals surface area contributed by atoms with E-state index in [0.717, 1.165) is 29.1 Å². The summed E-state index contributed by atoms with van der Waals surface area (Å²) in [5, 5.41) is 17.2. The minimum atomic E-state index is 0.387. The lowest BCUT2D eigenvalue weighted by Crippen LogP contribution is -2.11. The highest BCUT2D eigenvalue weighted by Crippen LogP contribution is 2.19. The fourth-order valence-electron chi connectivity index (χ4n) is 2.73. The molecule has 0 aliphatic carbocycles. The molecule has 0 unspecified atom stereocenters. The first-order chi connectivity index (χ1) is 12.8. The minimum absolute atomic E-state index is 0.387. The molecule has 0 aliphatic rings. The molecule has 0 saturated heterocycles. The van der Waals surface area contributed by atoms with E-state index in [-0.39, 0.29) is 0 Å². The molecular weight excluding hydrogens is 326 g/mol. The van der Waals surface area contributed by atoms with Crippen LogP contribution in [0.4, 0.5) is 17.5 Å². The van der Waals surface area contributed by atoms with Crippen LogP contribution < -0.4 is 10.6 Å². The molecule has 7 nitrogen and oxygen atoms in total. The zero-order chi connectivity index (χ0) is 17.8. The molecule has 2 aromatic heterocycles. The van der Waals surface area contributed by atoms with Crippen LogP contribution in [0.5, 0.6) is 0 Å². The second-order valence-corrected chi connectivity index (χ2v) is 6.13. The zero-order valence-electron chi connectivity index (χ0n) is 14.3. The van der Waals surface area contributed by atoms with E-state index in [0.29, 0.717) is 11.9 Å². The molecule has 1 atom stereocenters. The summed E-state index contributed by atoms with van der Waals surface area (Å²) in [7, 11) is 0. The molecule has 2 heterocycles. The topological polar surface area (TPSA) is 91.4 Å². The Kier molecular flexibility index (Phi) is 4.42. The molecular formula is C19H19N7. The number of H-pyrrole nitrogens is 1. The molecule has 0 fully saturated rings. The summed E-state index contributed by atoms with van der Waals surface area (Å²) >= 11 is 0. The van der Waals surface area contributed by atoms with Crippen molar-refractivity contribution in [2.75, 3.05) is 17.2 Å². The summed E-state index contributed by atoms with van der Waals surface area (Å²) in [6.07, 6.45) is 1.74. The monoisotopic (exact) mass is 345 g/mol. The number of hydrogen-bond donors (Lipinski definition) is 3. The van der Waals surface area contributed by atoms with Crippen molar-refractivity contribution in [1.82, 2.24) is 25.4 Å². The minimum Gasteiger partial charge on any atom is -0.369 e. The van der Waals surface area contributed by atoms with Gasteiger partial charge < -0.3 is 10.6 Å². The van der Waals surface area contributed by atoms with Gasteiger partial charge in [0.15, 0.2) is 0 Å². The van der Waals surface area contributed by atoms with E-state index in [2.05, 4.69) is 67.2 Å². The summed E-state index contributed by atoms with van der Waals surface area (Å²) in [6.45, 7) is 2.99. The number of aromatic amines is 1. The van der Waals surface area contributed by atoms with Gasteiger partial charge in [-0.2, -0.15) is 4.98 Å². The number of rotatable bonds is 6. The quantitative estimate of drug-likeness (QED) is 0.493. The van der Waals surface area contributed by atoms with Crippen LogP contribution in [-0.2, 0) is 0 Å². The average molecular weight is 345 g/mol. The number of nitrogens with zero attached hydrogens (tertiary/aromatic N) is 4. The molecule has 130 valence electrons. The summed E-state index contributed by atoms with van der Waals surface area (Å²) in [6, 6.07) is 18.0. The number of nitrogens with one attached hydrogen (secondary N) is 3. The maximum Gasteiger partial charge on any atom is 0.229 e. The Balaban J connectivity index is 1.43. The van der Waals surface area contributed by atoms with Gasteiger partial charge in [-0.15, -0.1) is 5.10 Å². The Morgan fingerprint density at radius 3 is 2.85 bits per heavy atom. The van der Waals surface area contributed by atoms with Crippen LogP contribution in [0.25, 0.3) is 11.0 Å². The average Bonchev–Trinajstić information content (AvgIpc) is 3.15. The van der Waals surface area contributed by atoms with Crippen LogP contribution in [0.15, 0.2) is 60.8 Å². The third kappa shape index (κ3) is 3.61. The lowest BCUT2D eigenvalue weighted by atomic mass is 10.0. The molecule has 26 heavy (non-hydrogen) atoms. The van der Waals surface area contributed by atoms with Gasteiger partial charge in [-0.1, -0.05) is 42.5 Å². The van der Waals surface area contributed by atoms with Gasteiger partial charge in [-0.05, 0) is 35.7 Å². The standard InChI is InChI=1S/C19H19N7/c1-13(14-5-3-2-4-6-14)12-21-18-9-10-20-19(23-18)22-15-7-8-16-17(11-15)25-26-24-16/h2-11,13H,12H2,1H3,(H,24,25,26)(H2,20,21,22,23)/t13-/m0/s1. The first-order valence-corrected chi connectivity index (χ1v) is 8.47. The smallest absolute Gasteiger partial charge is 0.229 e. The van der Waals surface area contributed by atoms with Gasteiger partial charge in [0.1, 0.15) is 11.3 Å². The summed E-state index contributed by atoms with van der Waals surface area (Å²) in [5.74, 6) is 1.71. The Morgan fingerprint density at radius 1 is 1.08 bits per heavy atom. The molecule has 0 bridgehead atoms. The van der Waals surface area contributed by atoms with Crippen LogP contribution in [0, 0.1) is 0 Å².